The number of aromatic amines is 1. The summed E-state index contributed by atoms with van der Waals surface area (Å²) in [6.45, 7) is 6.23. The maximum absolute atomic E-state index is 11.5. The van der Waals surface area contributed by atoms with Gasteiger partial charge in [0.05, 0.1) is 0 Å². The Labute approximate surface area is 94.6 Å². The van der Waals surface area contributed by atoms with E-state index < -0.39 is 0 Å². The third-order valence-corrected chi connectivity index (χ3v) is 2.59. The van der Waals surface area contributed by atoms with Crippen LogP contribution in [0.4, 0.5) is 0 Å². The van der Waals surface area contributed by atoms with Crippen LogP contribution in [-0.2, 0) is 0 Å². The number of hydrogen-bond acceptors (Lipinski definition) is 3. The molecule has 0 radical (unpaired) electrons. The highest BCUT2D eigenvalue weighted by Crippen LogP contribution is 2.38. The Hall–Kier alpha value is -1.39. The van der Waals surface area contributed by atoms with E-state index in [0.717, 1.165) is 30.8 Å². The Balaban J connectivity index is 2.25. The molecule has 88 valence electrons. The first-order valence-electron chi connectivity index (χ1n) is 5.79. The van der Waals surface area contributed by atoms with Crippen LogP contribution >= 0.6 is 0 Å². The summed E-state index contributed by atoms with van der Waals surface area (Å²) in [4.78, 5) is 11.5. The normalized spacial score (nSPS) is 17.1. The average molecular weight is 222 g/mol. The number of H-pyrrole nitrogens is 1. The van der Waals surface area contributed by atoms with E-state index in [1.807, 2.05) is 6.92 Å². The van der Waals surface area contributed by atoms with Gasteiger partial charge in [-0.25, -0.2) is 9.89 Å². The molecule has 0 saturated heterocycles. The minimum atomic E-state index is -0.231. The Bertz CT molecular complexity index is 451. The first-order chi connectivity index (χ1) is 7.58. The van der Waals surface area contributed by atoms with Crippen molar-refractivity contribution in [2.75, 3.05) is 0 Å². The van der Waals surface area contributed by atoms with Gasteiger partial charge in [0, 0.05) is 11.6 Å². The van der Waals surface area contributed by atoms with E-state index in [1.54, 1.807) is 0 Å². The van der Waals surface area contributed by atoms with Crippen molar-refractivity contribution < 1.29 is 0 Å². The molecule has 1 N–H and O–H groups in total. The van der Waals surface area contributed by atoms with Crippen LogP contribution in [0.2, 0.25) is 0 Å². The molecule has 1 heterocycles. The number of rotatable bonds is 4. The SMILES string of the molecule is CC(CC(C)C)=Nn1c(C2CC2)n[nH]c1=O. The van der Waals surface area contributed by atoms with E-state index in [2.05, 4.69) is 29.1 Å². The van der Waals surface area contributed by atoms with Crippen molar-refractivity contribution in [2.45, 2.75) is 46.0 Å². The van der Waals surface area contributed by atoms with Crippen molar-refractivity contribution in [3.05, 3.63) is 16.3 Å². The van der Waals surface area contributed by atoms with Crippen LogP contribution < -0.4 is 5.69 Å². The zero-order valence-corrected chi connectivity index (χ0v) is 10.0. The highest BCUT2D eigenvalue weighted by atomic mass is 16.2. The van der Waals surface area contributed by atoms with Crippen LogP contribution in [-0.4, -0.2) is 20.6 Å². The summed E-state index contributed by atoms with van der Waals surface area (Å²) in [6.07, 6.45) is 3.13. The lowest BCUT2D eigenvalue weighted by Crippen LogP contribution is -2.16. The Kier molecular flexibility index (Phi) is 2.94. The van der Waals surface area contributed by atoms with Gasteiger partial charge in [0.15, 0.2) is 5.82 Å². The molecular weight excluding hydrogens is 204 g/mol. The average Bonchev–Trinajstić information content (AvgIpc) is 2.94. The minimum Gasteiger partial charge on any atom is -0.244 e. The zero-order valence-electron chi connectivity index (χ0n) is 10.0. The van der Waals surface area contributed by atoms with Crippen LogP contribution in [0.3, 0.4) is 0 Å². The van der Waals surface area contributed by atoms with Gasteiger partial charge in [0.1, 0.15) is 0 Å². The number of nitrogens with one attached hydrogen (secondary N) is 1. The van der Waals surface area contributed by atoms with Gasteiger partial charge in [-0.1, -0.05) is 13.8 Å². The predicted octanol–water partition coefficient (Wildman–Crippen LogP) is 1.72. The molecular formula is C11H18N4O. The molecule has 0 aromatic carbocycles. The number of hydrogen-bond donors (Lipinski definition) is 1. The van der Waals surface area contributed by atoms with Crippen molar-refractivity contribution >= 4 is 5.71 Å². The van der Waals surface area contributed by atoms with Crippen LogP contribution in [0.15, 0.2) is 9.90 Å². The first-order valence-corrected chi connectivity index (χ1v) is 5.79. The molecule has 1 aromatic heterocycles. The zero-order chi connectivity index (χ0) is 11.7. The topological polar surface area (TPSA) is 63.0 Å². The Morgan fingerprint density at radius 1 is 1.62 bits per heavy atom. The summed E-state index contributed by atoms with van der Waals surface area (Å²) in [5, 5.41) is 10.8. The predicted molar refractivity (Wildman–Crippen MR) is 62.8 cm³/mol. The van der Waals surface area contributed by atoms with Crippen LogP contribution in [0, 0.1) is 5.92 Å². The summed E-state index contributed by atoms with van der Waals surface area (Å²) < 4.78 is 1.43. The van der Waals surface area contributed by atoms with Gasteiger partial charge in [-0.15, -0.1) is 0 Å². The van der Waals surface area contributed by atoms with Crippen molar-refractivity contribution in [3.8, 4) is 0 Å². The van der Waals surface area contributed by atoms with Gasteiger partial charge in [-0.3, -0.25) is 0 Å². The smallest absolute Gasteiger partial charge is 0.244 e. The monoisotopic (exact) mass is 222 g/mol. The number of aromatic nitrogens is 3. The van der Waals surface area contributed by atoms with E-state index in [4.69, 9.17) is 0 Å². The molecule has 5 heteroatoms. The van der Waals surface area contributed by atoms with Crippen molar-refractivity contribution in [2.24, 2.45) is 11.0 Å². The summed E-state index contributed by atoms with van der Waals surface area (Å²) in [7, 11) is 0. The Morgan fingerprint density at radius 3 is 2.88 bits per heavy atom. The Morgan fingerprint density at radius 2 is 2.31 bits per heavy atom. The highest BCUT2D eigenvalue weighted by Gasteiger charge is 2.29. The third kappa shape index (κ3) is 2.40. The van der Waals surface area contributed by atoms with Crippen LogP contribution in [0.1, 0.15) is 51.8 Å². The van der Waals surface area contributed by atoms with E-state index in [9.17, 15) is 4.79 Å². The van der Waals surface area contributed by atoms with E-state index >= 15 is 0 Å². The van der Waals surface area contributed by atoms with Crippen molar-refractivity contribution in [1.29, 1.82) is 0 Å². The maximum atomic E-state index is 11.5. The second-order valence-corrected chi connectivity index (χ2v) is 4.91. The molecule has 2 rings (SSSR count). The second-order valence-electron chi connectivity index (χ2n) is 4.91. The molecule has 0 spiro atoms. The van der Waals surface area contributed by atoms with Gasteiger partial charge in [-0.2, -0.15) is 14.9 Å². The molecule has 1 saturated carbocycles. The van der Waals surface area contributed by atoms with E-state index in [0.29, 0.717) is 11.8 Å². The lowest BCUT2D eigenvalue weighted by atomic mass is 10.1. The molecule has 0 atom stereocenters. The fourth-order valence-electron chi connectivity index (χ4n) is 1.81. The first kappa shape index (κ1) is 11.1. The van der Waals surface area contributed by atoms with Gasteiger partial charge in [0.2, 0.25) is 0 Å². The lowest BCUT2D eigenvalue weighted by Gasteiger charge is -2.04. The summed E-state index contributed by atoms with van der Waals surface area (Å²) in [5.74, 6) is 1.76. The lowest BCUT2D eigenvalue weighted by molar-refractivity contribution is 0.669. The van der Waals surface area contributed by atoms with Gasteiger partial charge in [-0.05, 0) is 32.1 Å². The molecule has 0 aliphatic heterocycles. The molecule has 1 fully saturated rings. The molecule has 5 nitrogen and oxygen atoms in total. The van der Waals surface area contributed by atoms with Gasteiger partial charge in [0.25, 0.3) is 0 Å². The molecule has 0 unspecified atom stereocenters. The fraction of sp³-hybridized carbons (Fsp3) is 0.727. The van der Waals surface area contributed by atoms with Crippen molar-refractivity contribution in [1.82, 2.24) is 14.9 Å². The molecule has 0 amide bonds. The standard InChI is InChI=1S/C11H18N4O/c1-7(2)6-8(3)14-15-10(9-4-5-9)12-13-11(15)16/h7,9H,4-6H2,1-3H3,(H,13,16). The summed E-state index contributed by atoms with van der Waals surface area (Å²) >= 11 is 0. The molecule has 0 bridgehead atoms. The van der Waals surface area contributed by atoms with Gasteiger partial charge < -0.3 is 0 Å². The van der Waals surface area contributed by atoms with E-state index in [-0.39, 0.29) is 5.69 Å². The quantitative estimate of drug-likeness (QED) is 0.788. The molecule has 1 aliphatic rings. The summed E-state index contributed by atoms with van der Waals surface area (Å²) in [5.41, 5.74) is 0.741. The van der Waals surface area contributed by atoms with Crippen LogP contribution in [0.25, 0.3) is 0 Å². The minimum absolute atomic E-state index is 0.231. The summed E-state index contributed by atoms with van der Waals surface area (Å²) in [6, 6.07) is 0. The molecule has 1 aromatic rings. The number of nitrogens with zero attached hydrogens (tertiary/aromatic N) is 3. The largest absolute Gasteiger partial charge is 0.364 e. The van der Waals surface area contributed by atoms with Crippen molar-refractivity contribution in [3.63, 3.8) is 0 Å². The molecule has 1 aliphatic carbocycles. The maximum Gasteiger partial charge on any atom is 0.364 e. The van der Waals surface area contributed by atoms with Gasteiger partial charge >= 0.3 is 5.69 Å². The molecule has 16 heavy (non-hydrogen) atoms. The third-order valence-electron chi connectivity index (χ3n) is 2.59. The van der Waals surface area contributed by atoms with E-state index in [1.165, 1.54) is 4.68 Å². The fourth-order valence-corrected chi connectivity index (χ4v) is 1.81. The van der Waals surface area contributed by atoms with Crippen LogP contribution in [0.5, 0.6) is 0 Å². The second kappa shape index (κ2) is 4.23. The highest BCUT2D eigenvalue weighted by molar-refractivity contribution is 5.81.